The second-order valence-electron chi connectivity index (χ2n) is 6.46. The molecule has 1 unspecified atom stereocenters. The summed E-state index contributed by atoms with van der Waals surface area (Å²) in [6, 6.07) is 18.0. The van der Waals surface area contributed by atoms with Crippen molar-refractivity contribution in [2.45, 2.75) is 26.2 Å². The number of hydrogen-bond donors (Lipinski definition) is 0. The van der Waals surface area contributed by atoms with Crippen molar-refractivity contribution in [3.63, 3.8) is 0 Å². The van der Waals surface area contributed by atoms with Crippen LogP contribution in [0.5, 0.6) is 0 Å². The molecule has 0 saturated heterocycles. The van der Waals surface area contributed by atoms with Gasteiger partial charge in [-0.05, 0) is 37.1 Å². The van der Waals surface area contributed by atoms with Crippen LogP contribution in [-0.2, 0) is 6.42 Å². The Hall–Kier alpha value is -3.21. The van der Waals surface area contributed by atoms with E-state index in [0.717, 1.165) is 40.6 Å². The van der Waals surface area contributed by atoms with Crippen LogP contribution < -0.4 is 0 Å². The van der Waals surface area contributed by atoms with Gasteiger partial charge in [-0.3, -0.25) is 4.98 Å². The van der Waals surface area contributed by atoms with Crippen LogP contribution >= 0.6 is 0 Å². The van der Waals surface area contributed by atoms with E-state index in [-0.39, 0.29) is 5.92 Å². The standard InChI is InChI=1S/C21H19N3O2/c1-14(21-13-20(24-26-21)18-8-3-4-9-22-18)10-16-6-5-7-17(12-16)19-11-15(2)25-23-19/h3-9,11-14H,10H2,1-2H3. The first-order valence-electron chi connectivity index (χ1n) is 8.59. The molecule has 0 radical (unpaired) electrons. The van der Waals surface area contributed by atoms with E-state index in [9.17, 15) is 0 Å². The fourth-order valence-electron chi connectivity index (χ4n) is 2.97. The van der Waals surface area contributed by atoms with Gasteiger partial charge in [-0.1, -0.05) is 41.5 Å². The van der Waals surface area contributed by atoms with Crippen LogP contribution in [0.15, 0.2) is 69.8 Å². The largest absolute Gasteiger partial charge is 0.361 e. The zero-order valence-electron chi connectivity index (χ0n) is 14.7. The zero-order valence-corrected chi connectivity index (χ0v) is 14.7. The van der Waals surface area contributed by atoms with Crippen LogP contribution in [0.2, 0.25) is 0 Å². The Morgan fingerprint density at radius 2 is 1.77 bits per heavy atom. The molecule has 4 rings (SSSR count). The van der Waals surface area contributed by atoms with Gasteiger partial charge in [-0.25, -0.2) is 0 Å². The van der Waals surface area contributed by atoms with Crippen molar-refractivity contribution >= 4 is 0 Å². The van der Waals surface area contributed by atoms with Crippen molar-refractivity contribution < 1.29 is 9.05 Å². The summed E-state index contributed by atoms with van der Waals surface area (Å²) in [5, 5.41) is 8.25. The second kappa shape index (κ2) is 6.96. The molecule has 0 aliphatic heterocycles. The molecule has 0 saturated carbocycles. The molecule has 5 nitrogen and oxygen atoms in total. The minimum absolute atomic E-state index is 0.203. The predicted molar refractivity (Wildman–Crippen MR) is 98.5 cm³/mol. The van der Waals surface area contributed by atoms with E-state index in [1.165, 1.54) is 5.56 Å². The summed E-state index contributed by atoms with van der Waals surface area (Å²) < 4.78 is 10.7. The third-order valence-corrected chi connectivity index (χ3v) is 4.33. The van der Waals surface area contributed by atoms with Crippen molar-refractivity contribution in [2.75, 3.05) is 0 Å². The molecule has 0 N–H and O–H groups in total. The van der Waals surface area contributed by atoms with Crippen molar-refractivity contribution in [3.8, 4) is 22.6 Å². The van der Waals surface area contributed by atoms with E-state index in [1.807, 2.05) is 49.4 Å². The van der Waals surface area contributed by atoms with E-state index in [1.54, 1.807) is 6.20 Å². The highest BCUT2D eigenvalue weighted by Gasteiger charge is 2.15. The summed E-state index contributed by atoms with van der Waals surface area (Å²) in [5.41, 5.74) is 4.70. The Balaban J connectivity index is 1.52. The molecule has 0 amide bonds. The molecule has 130 valence electrons. The summed E-state index contributed by atoms with van der Waals surface area (Å²) in [7, 11) is 0. The monoisotopic (exact) mass is 345 g/mol. The second-order valence-corrected chi connectivity index (χ2v) is 6.46. The van der Waals surface area contributed by atoms with E-state index in [4.69, 9.17) is 9.05 Å². The van der Waals surface area contributed by atoms with Gasteiger partial charge in [-0.2, -0.15) is 0 Å². The lowest BCUT2D eigenvalue weighted by molar-refractivity contribution is 0.366. The summed E-state index contributed by atoms with van der Waals surface area (Å²) >= 11 is 0. The smallest absolute Gasteiger partial charge is 0.140 e. The maximum absolute atomic E-state index is 5.55. The number of aromatic nitrogens is 3. The minimum atomic E-state index is 0.203. The molecule has 0 bridgehead atoms. The lowest BCUT2D eigenvalue weighted by atomic mass is 9.96. The van der Waals surface area contributed by atoms with Crippen LogP contribution in [0.25, 0.3) is 22.6 Å². The highest BCUT2D eigenvalue weighted by atomic mass is 16.5. The summed E-state index contributed by atoms with van der Waals surface area (Å²) in [6.07, 6.45) is 2.60. The van der Waals surface area contributed by atoms with Gasteiger partial charge in [0.1, 0.15) is 22.9 Å². The number of nitrogens with zero attached hydrogens (tertiary/aromatic N) is 3. The molecule has 1 atom stereocenters. The number of hydrogen-bond acceptors (Lipinski definition) is 5. The molecule has 3 aromatic heterocycles. The molecule has 5 heteroatoms. The van der Waals surface area contributed by atoms with Crippen LogP contribution in [0.4, 0.5) is 0 Å². The molecule has 3 heterocycles. The first-order chi connectivity index (χ1) is 12.7. The van der Waals surface area contributed by atoms with Crippen LogP contribution in [0.1, 0.15) is 29.9 Å². The van der Waals surface area contributed by atoms with Gasteiger partial charge in [0.2, 0.25) is 0 Å². The highest BCUT2D eigenvalue weighted by molar-refractivity contribution is 5.60. The van der Waals surface area contributed by atoms with Crippen LogP contribution in [-0.4, -0.2) is 15.3 Å². The Morgan fingerprint density at radius 1 is 0.885 bits per heavy atom. The third-order valence-electron chi connectivity index (χ3n) is 4.33. The van der Waals surface area contributed by atoms with Gasteiger partial charge >= 0.3 is 0 Å². The summed E-state index contributed by atoms with van der Waals surface area (Å²) in [4.78, 5) is 4.31. The highest BCUT2D eigenvalue weighted by Crippen LogP contribution is 2.27. The van der Waals surface area contributed by atoms with E-state index < -0.39 is 0 Å². The molecule has 26 heavy (non-hydrogen) atoms. The van der Waals surface area contributed by atoms with E-state index in [2.05, 4.69) is 34.4 Å². The van der Waals surface area contributed by atoms with Crippen molar-refractivity contribution in [3.05, 3.63) is 77.9 Å². The van der Waals surface area contributed by atoms with Crippen molar-refractivity contribution in [1.82, 2.24) is 15.3 Å². The number of rotatable bonds is 5. The Bertz CT molecular complexity index is 1000. The fraction of sp³-hybridized carbons (Fsp3) is 0.190. The number of aryl methyl sites for hydroxylation is 1. The quantitative estimate of drug-likeness (QED) is 0.506. The van der Waals surface area contributed by atoms with E-state index >= 15 is 0 Å². The SMILES string of the molecule is Cc1cc(-c2cccc(CC(C)c3cc(-c4ccccn4)no3)c2)no1. The van der Waals surface area contributed by atoms with Gasteiger partial charge in [0.25, 0.3) is 0 Å². The number of benzene rings is 1. The maximum Gasteiger partial charge on any atom is 0.140 e. The molecule has 0 aliphatic rings. The number of pyridine rings is 1. The lowest BCUT2D eigenvalue weighted by Crippen LogP contribution is -1.97. The third kappa shape index (κ3) is 3.42. The van der Waals surface area contributed by atoms with Gasteiger partial charge in [-0.15, -0.1) is 0 Å². The maximum atomic E-state index is 5.55. The first kappa shape index (κ1) is 16.3. The van der Waals surface area contributed by atoms with E-state index in [0.29, 0.717) is 0 Å². The molecule has 0 aliphatic carbocycles. The zero-order chi connectivity index (χ0) is 17.9. The molecule has 4 aromatic rings. The molecular formula is C21H19N3O2. The van der Waals surface area contributed by atoms with Crippen molar-refractivity contribution in [1.29, 1.82) is 0 Å². The van der Waals surface area contributed by atoms with Gasteiger partial charge in [0.15, 0.2) is 0 Å². The van der Waals surface area contributed by atoms with Crippen LogP contribution in [0.3, 0.4) is 0 Å². The molecular weight excluding hydrogens is 326 g/mol. The van der Waals surface area contributed by atoms with Crippen LogP contribution in [0, 0.1) is 6.92 Å². The predicted octanol–water partition coefficient (Wildman–Crippen LogP) is 5.05. The molecule has 0 fully saturated rings. The average Bonchev–Trinajstić information content (AvgIpc) is 3.32. The first-order valence-corrected chi connectivity index (χ1v) is 8.59. The topological polar surface area (TPSA) is 65.0 Å². The Morgan fingerprint density at radius 3 is 2.54 bits per heavy atom. The molecule has 0 spiro atoms. The van der Waals surface area contributed by atoms with Gasteiger partial charge < -0.3 is 9.05 Å². The summed E-state index contributed by atoms with van der Waals surface area (Å²) in [6.45, 7) is 4.03. The Labute approximate surface area is 151 Å². The molecule has 1 aromatic carbocycles. The average molecular weight is 345 g/mol. The minimum Gasteiger partial charge on any atom is -0.361 e. The fourth-order valence-corrected chi connectivity index (χ4v) is 2.97. The van der Waals surface area contributed by atoms with Crippen molar-refractivity contribution in [2.24, 2.45) is 0 Å². The van der Waals surface area contributed by atoms with Gasteiger partial charge in [0.05, 0.1) is 5.69 Å². The van der Waals surface area contributed by atoms with Gasteiger partial charge in [0, 0.05) is 29.8 Å². The lowest BCUT2D eigenvalue weighted by Gasteiger charge is -2.08. The summed E-state index contributed by atoms with van der Waals surface area (Å²) in [5.74, 6) is 1.87. The normalized spacial score (nSPS) is 12.2. The Kier molecular flexibility index (Phi) is 4.35.